The van der Waals surface area contributed by atoms with Crippen LogP contribution in [0.3, 0.4) is 0 Å². The second kappa shape index (κ2) is 14.6. The van der Waals surface area contributed by atoms with Crippen LogP contribution >= 0.6 is 23.5 Å². The standard InChI is InChI=1S/C26H36O2S2/c1-4-6-7-8-9-10-11-20-29-24-16-12-22(13-17-24)23-14-18-25(19-15-23)30-21(3)26(27)28-5-2/h12-19,21H,4-11,20H2,1-3H3/t21-/m1/s1. The highest BCUT2D eigenvalue weighted by Gasteiger charge is 2.15. The van der Waals surface area contributed by atoms with Crippen LogP contribution in [0.1, 0.15) is 65.7 Å². The van der Waals surface area contributed by atoms with Gasteiger partial charge in [0.05, 0.1) is 6.61 Å². The van der Waals surface area contributed by atoms with E-state index in [1.165, 1.54) is 78.5 Å². The highest BCUT2D eigenvalue weighted by atomic mass is 32.2. The summed E-state index contributed by atoms with van der Waals surface area (Å²) in [7, 11) is 0. The Bertz CT molecular complexity index is 726. The summed E-state index contributed by atoms with van der Waals surface area (Å²) >= 11 is 3.50. The van der Waals surface area contributed by atoms with Gasteiger partial charge in [0.15, 0.2) is 0 Å². The number of unbranched alkanes of at least 4 members (excludes halogenated alkanes) is 6. The highest BCUT2D eigenvalue weighted by Crippen LogP contribution is 2.29. The van der Waals surface area contributed by atoms with E-state index in [9.17, 15) is 4.79 Å². The van der Waals surface area contributed by atoms with Crippen molar-refractivity contribution in [3.05, 3.63) is 48.5 Å². The van der Waals surface area contributed by atoms with Gasteiger partial charge in [-0.3, -0.25) is 4.79 Å². The molecular weight excluding hydrogens is 408 g/mol. The largest absolute Gasteiger partial charge is 0.465 e. The predicted molar refractivity (Wildman–Crippen MR) is 133 cm³/mol. The number of hydrogen-bond acceptors (Lipinski definition) is 4. The van der Waals surface area contributed by atoms with Crippen molar-refractivity contribution in [1.82, 2.24) is 0 Å². The summed E-state index contributed by atoms with van der Waals surface area (Å²) in [6.07, 6.45) is 9.54. The Balaban J connectivity index is 1.75. The lowest BCUT2D eigenvalue weighted by atomic mass is 10.1. The summed E-state index contributed by atoms with van der Waals surface area (Å²) in [4.78, 5) is 14.2. The third-order valence-electron chi connectivity index (χ3n) is 4.99. The van der Waals surface area contributed by atoms with Gasteiger partial charge in [-0.1, -0.05) is 69.7 Å². The fraction of sp³-hybridized carbons (Fsp3) is 0.500. The average molecular weight is 445 g/mol. The fourth-order valence-corrected chi connectivity index (χ4v) is 5.01. The molecule has 2 aromatic rings. The van der Waals surface area contributed by atoms with E-state index in [2.05, 4.69) is 55.5 Å². The number of esters is 1. The molecule has 0 saturated carbocycles. The average Bonchev–Trinajstić information content (AvgIpc) is 2.77. The first-order valence-corrected chi connectivity index (χ1v) is 13.2. The molecule has 0 fully saturated rings. The van der Waals surface area contributed by atoms with Crippen molar-refractivity contribution in [2.24, 2.45) is 0 Å². The van der Waals surface area contributed by atoms with Crippen LogP contribution in [0.25, 0.3) is 11.1 Å². The van der Waals surface area contributed by atoms with E-state index in [0.29, 0.717) is 6.61 Å². The Morgan fingerprint density at radius 1 is 0.800 bits per heavy atom. The van der Waals surface area contributed by atoms with E-state index < -0.39 is 0 Å². The zero-order chi connectivity index (χ0) is 21.6. The Morgan fingerprint density at radius 3 is 1.90 bits per heavy atom. The molecule has 0 aromatic heterocycles. The third kappa shape index (κ3) is 9.18. The molecule has 2 aromatic carbocycles. The van der Waals surface area contributed by atoms with Crippen LogP contribution in [-0.4, -0.2) is 23.6 Å². The Kier molecular flexibility index (Phi) is 12.1. The molecule has 0 aliphatic rings. The minimum atomic E-state index is -0.191. The van der Waals surface area contributed by atoms with Crippen LogP contribution < -0.4 is 0 Å². The molecule has 4 heteroatoms. The second-order valence-electron chi connectivity index (χ2n) is 7.53. The number of hydrogen-bond donors (Lipinski definition) is 0. The number of carbonyl (C=O) groups excluding carboxylic acids is 1. The van der Waals surface area contributed by atoms with Crippen LogP contribution in [0, 0.1) is 0 Å². The molecule has 164 valence electrons. The van der Waals surface area contributed by atoms with Gasteiger partial charge in [-0.25, -0.2) is 0 Å². The third-order valence-corrected chi connectivity index (χ3v) is 7.18. The van der Waals surface area contributed by atoms with Crippen LogP contribution in [0.5, 0.6) is 0 Å². The molecule has 0 bridgehead atoms. The number of benzene rings is 2. The first-order valence-electron chi connectivity index (χ1n) is 11.3. The quantitative estimate of drug-likeness (QED) is 0.166. The van der Waals surface area contributed by atoms with Gasteiger partial charge in [-0.2, -0.15) is 0 Å². The van der Waals surface area contributed by atoms with Crippen molar-refractivity contribution >= 4 is 29.5 Å². The first kappa shape index (κ1) is 24.9. The molecule has 0 N–H and O–H groups in total. The summed E-state index contributed by atoms with van der Waals surface area (Å²) in [6.45, 7) is 6.42. The first-order chi connectivity index (χ1) is 14.6. The maximum absolute atomic E-state index is 11.8. The van der Waals surface area contributed by atoms with Crippen LogP contribution in [0.4, 0.5) is 0 Å². The van der Waals surface area contributed by atoms with Crippen molar-refractivity contribution in [2.75, 3.05) is 12.4 Å². The lowest BCUT2D eigenvalue weighted by molar-refractivity contribution is -0.142. The Morgan fingerprint density at radius 2 is 1.33 bits per heavy atom. The molecule has 0 saturated heterocycles. The van der Waals surface area contributed by atoms with E-state index in [1.54, 1.807) is 0 Å². The molecular formula is C26H36O2S2. The molecule has 1 atom stereocenters. The SMILES string of the molecule is CCCCCCCCCSc1ccc(-c2ccc(S[C@H](C)C(=O)OCC)cc2)cc1. The molecule has 2 rings (SSSR count). The molecule has 0 aliphatic heterocycles. The van der Waals surface area contributed by atoms with Gasteiger partial charge in [-0.05, 0) is 61.4 Å². The van der Waals surface area contributed by atoms with Gasteiger partial charge in [0.2, 0.25) is 0 Å². The maximum Gasteiger partial charge on any atom is 0.319 e. The highest BCUT2D eigenvalue weighted by molar-refractivity contribution is 8.00. The van der Waals surface area contributed by atoms with Gasteiger partial charge < -0.3 is 4.74 Å². The molecule has 0 unspecified atom stereocenters. The van der Waals surface area contributed by atoms with E-state index >= 15 is 0 Å². The molecule has 0 spiro atoms. The topological polar surface area (TPSA) is 26.3 Å². The number of carbonyl (C=O) groups is 1. The minimum Gasteiger partial charge on any atom is -0.465 e. The van der Waals surface area contributed by atoms with Crippen molar-refractivity contribution < 1.29 is 9.53 Å². The Hall–Kier alpha value is -1.39. The lowest BCUT2D eigenvalue weighted by Crippen LogP contribution is -2.16. The number of thioether (sulfide) groups is 2. The van der Waals surface area contributed by atoms with E-state index in [1.807, 2.05) is 25.6 Å². The van der Waals surface area contributed by atoms with Crippen LogP contribution in [0.2, 0.25) is 0 Å². The van der Waals surface area contributed by atoms with Gasteiger partial charge in [0, 0.05) is 9.79 Å². The zero-order valence-corrected chi connectivity index (χ0v) is 20.3. The smallest absolute Gasteiger partial charge is 0.319 e. The van der Waals surface area contributed by atoms with E-state index in [0.717, 1.165) is 4.90 Å². The van der Waals surface area contributed by atoms with Crippen molar-refractivity contribution in [2.45, 2.75) is 80.8 Å². The molecule has 2 nitrogen and oxygen atoms in total. The van der Waals surface area contributed by atoms with Gasteiger partial charge >= 0.3 is 5.97 Å². The minimum absolute atomic E-state index is 0.156. The summed E-state index contributed by atoms with van der Waals surface area (Å²) in [6, 6.07) is 17.3. The fourth-order valence-electron chi connectivity index (χ4n) is 3.23. The van der Waals surface area contributed by atoms with Crippen LogP contribution in [0.15, 0.2) is 58.3 Å². The summed E-state index contributed by atoms with van der Waals surface area (Å²) in [5.41, 5.74) is 2.43. The Labute approximate surface area is 191 Å². The summed E-state index contributed by atoms with van der Waals surface area (Å²) < 4.78 is 5.08. The monoisotopic (exact) mass is 444 g/mol. The number of rotatable bonds is 14. The van der Waals surface area contributed by atoms with E-state index in [4.69, 9.17) is 4.74 Å². The molecule has 0 aliphatic carbocycles. The predicted octanol–water partition coefficient (Wildman–Crippen LogP) is 8.24. The van der Waals surface area contributed by atoms with Gasteiger partial charge in [0.1, 0.15) is 5.25 Å². The molecule has 0 heterocycles. The van der Waals surface area contributed by atoms with Crippen LogP contribution in [-0.2, 0) is 9.53 Å². The molecule has 30 heavy (non-hydrogen) atoms. The van der Waals surface area contributed by atoms with E-state index in [-0.39, 0.29) is 11.2 Å². The normalized spacial score (nSPS) is 12.0. The summed E-state index contributed by atoms with van der Waals surface area (Å²) in [5, 5.41) is -0.191. The summed E-state index contributed by atoms with van der Waals surface area (Å²) in [5.74, 6) is 1.05. The van der Waals surface area contributed by atoms with Gasteiger partial charge in [0.25, 0.3) is 0 Å². The molecule has 0 amide bonds. The van der Waals surface area contributed by atoms with Crippen molar-refractivity contribution in [3.63, 3.8) is 0 Å². The van der Waals surface area contributed by atoms with Crippen molar-refractivity contribution in [1.29, 1.82) is 0 Å². The lowest BCUT2D eigenvalue weighted by Gasteiger charge is -2.11. The van der Waals surface area contributed by atoms with Crippen molar-refractivity contribution in [3.8, 4) is 11.1 Å². The molecule has 0 radical (unpaired) electrons. The van der Waals surface area contributed by atoms with Gasteiger partial charge in [-0.15, -0.1) is 23.5 Å². The zero-order valence-electron chi connectivity index (χ0n) is 18.7. The second-order valence-corrected chi connectivity index (χ2v) is 10.1. The number of ether oxygens (including phenoxy) is 1. The maximum atomic E-state index is 11.8.